The topological polar surface area (TPSA) is 95.7 Å². The molecule has 0 aromatic carbocycles. The van der Waals surface area contributed by atoms with Crippen molar-refractivity contribution >= 4 is 11.9 Å². The van der Waals surface area contributed by atoms with Crippen LogP contribution >= 0.6 is 0 Å². The van der Waals surface area contributed by atoms with E-state index in [9.17, 15) is 9.59 Å². The van der Waals surface area contributed by atoms with Gasteiger partial charge in [-0.1, -0.05) is 13.8 Å². The van der Waals surface area contributed by atoms with E-state index >= 15 is 0 Å². The van der Waals surface area contributed by atoms with E-state index in [1.807, 2.05) is 13.8 Å². The van der Waals surface area contributed by atoms with Crippen molar-refractivity contribution in [3.63, 3.8) is 0 Å². The van der Waals surface area contributed by atoms with Gasteiger partial charge in [0.1, 0.15) is 0 Å². The number of nitrogens with two attached hydrogens (primary N) is 1. The predicted octanol–water partition coefficient (Wildman–Crippen LogP) is -0.754. The Hall–Kier alpha value is -1.14. The first kappa shape index (κ1) is 14.9. The molecular weight excluding hydrogens is 210 g/mol. The Morgan fingerprint density at radius 3 is 2.38 bits per heavy atom. The minimum atomic E-state index is -1.06. The number of aliphatic carboxylic acids is 1. The van der Waals surface area contributed by atoms with E-state index in [0.29, 0.717) is 6.54 Å². The van der Waals surface area contributed by atoms with Crippen molar-refractivity contribution in [2.24, 2.45) is 5.73 Å². The number of likely N-dealkylation sites (N-methyl/N-ethyl adjacent to an activating group) is 1. The van der Waals surface area contributed by atoms with Crippen LogP contribution in [0.5, 0.6) is 0 Å². The van der Waals surface area contributed by atoms with Crippen molar-refractivity contribution in [3.8, 4) is 0 Å². The maximum atomic E-state index is 11.3. The largest absolute Gasteiger partial charge is 0.481 e. The van der Waals surface area contributed by atoms with Crippen LogP contribution in [0.15, 0.2) is 0 Å². The highest BCUT2D eigenvalue weighted by Gasteiger charge is 2.16. The second-order valence-electron chi connectivity index (χ2n) is 3.52. The number of nitrogens with zero attached hydrogens (tertiary/aromatic N) is 1. The van der Waals surface area contributed by atoms with E-state index in [4.69, 9.17) is 10.8 Å². The molecule has 1 unspecified atom stereocenters. The lowest BCUT2D eigenvalue weighted by Crippen LogP contribution is -2.44. The second-order valence-corrected chi connectivity index (χ2v) is 3.52. The van der Waals surface area contributed by atoms with Gasteiger partial charge in [0.25, 0.3) is 0 Å². The molecule has 4 N–H and O–H groups in total. The minimum Gasteiger partial charge on any atom is -0.481 e. The van der Waals surface area contributed by atoms with Crippen molar-refractivity contribution in [1.82, 2.24) is 10.2 Å². The summed E-state index contributed by atoms with van der Waals surface area (Å²) in [5.41, 5.74) is 5.39. The highest BCUT2D eigenvalue weighted by atomic mass is 16.4. The van der Waals surface area contributed by atoms with Crippen LogP contribution in [0.1, 0.15) is 20.3 Å². The van der Waals surface area contributed by atoms with Crippen LogP contribution in [-0.2, 0) is 9.59 Å². The van der Waals surface area contributed by atoms with Crippen molar-refractivity contribution in [1.29, 1.82) is 0 Å². The third-order valence-electron chi connectivity index (χ3n) is 2.35. The predicted molar refractivity (Wildman–Crippen MR) is 61.0 cm³/mol. The highest BCUT2D eigenvalue weighted by molar-refractivity contribution is 5.85. The zero-order chi connectivity index (χ0) is 12.6. The standard InChI is InChI=1S/C10H21N3O3/c1-3-13(4-2)6-5-12-10(16)8(11)7-9(14)15/h8H,3-7,11H2,1-2H3,(H,12,16)(H,14,15). The molecule has 1 atom stereocenters. The van der Waals surface area contributed by atoms with Gasteiger partial charge in [-0.3, -0.25) is 9.59 Å². The van der Waals surface area contributed by atoms with Gasteiger partial charge >= 0.3 is 5.97 Å². The Labute approximate surface area is 95.8 Å². The molecule has 0 saturated carbocycles. The van der Waals surface area contributed by atoms with Gasteiger partial charge < -0.3 is 21.1 Å². The first-order chi connectivity index (χ1) is 7.51. The van der Waals surface area contributed by atoms with Crippen molar-refractivity contribution in [2.75, 3.05) is 26.2 Å². The fourth-order valence-electron chi connectivity index (χ4n) is 1.29. The van der Waals surface area contributed by atoms with E-state index in [1.165, 1.54) is 0 Å². The molecule has 0 fully saturated rings. The molecule has 16 heavy (non-hydrogen) atoms. The Kier molecular flexibility index (Phi) is 7.49. The number of nitrogens with one attached hydrogen (secondary N) is 1. The van der Waals surface area contributed by atoms with Crippen molar-refractivity contribution < 1.29 is 14.7 Å². The summed E-state index contributed by atoms with van der Waals surface area (Å²) in [6.45, 7) is 7.18. The number of rotatable bonds is 8. The SMILES string of the molecule is CCN(CC)CCNC(=O)C(N)CC(=O)O. The zero-order valence-corrected chi connectivity index (χ0v) is 9.90. The lowest BCUT2D eigenvalue weighted by atomic mass is 10.2. The molecule has 0 spiro atoms. The molecule has 0 aromatic rings. The van der Waals surface area contributed by atoms with Crippen LogP contribution in [0.2, 0.25) is 0 Å². The fourth-order valence-corrected chi connectivity index (χ4v) is 1.29. The summed E-state index contributed by atoms with van der Waals surface area (Å²) in [5.74, 6) is -1.47. The molecule has 0 aliphatic rings. The Morgan fingerprint density at radius 1 is 1.38 bits per heavy atom. The van der Waals surface area contributed by atoms with Crippen LogP contribution in [-0.4, -0.2) is 54.1 Å². The number of carbonyl (C=O) groups excluding carboxylic acids is 1. The summed E-state index contributed by atoms with van der Waals surface area (Å²) in [4.78, 5) is 23.8. The van der Waals surface area contributed by atoms with Gasteiger partial charge in [0.2, 0.25) is 5.91 Å². The first-order valence-electron chi connectivity index (χ1n) is 5.48. The quantitative estimate of drug-likeness (QED) is 0.510. The molecule has 6 heteroatoms. The second kappa shape index (κ2) is 8.06. The van der Waals surface area contributed by atoms with Gasteiger partial charge in [-0.25, -0.2) is 0 Å². The molecule has 0 heterocycles. The molecule has 0 rings (SSSR count). The van der Waals surface area contributed by atoms with Gasteiger partial charge in [-0.05, 0) is 13.1 Å². The van der Waals surface area contributed by atoms with Gasteiger partial charge in [0.15, 0.2) is 0 Å². The third-order valence-corrected chi connectivity index (χ3v) is 2.35. The molecular formula is C10H21N3O3. The normalized spacial score (nSPS) is 12.5. The average Bonchev–Trinajstić information content (AvgIpc) is 2.23. The Balaban J connectivity index is 3.76. The van der Waals surface area contributed by atoms with Crippen LogP contribution in [0.3, 0.4) is 0 Å². The third kappa shape index (κ3) is 6.36. The van der Waals surface area contributed by atoms with Gasteiger partial charge in [-0.15, -0.1) is 0 Å². The molecule has 0 radical (unpaired) electrons. The summed E-state index contributed by atoms with van der Waals surface area (Å²) < 4.78 is 0. The van der Waals surface area contributed by atoms with Crippen LogP contribution in [0.25, 0.3) is 0 Å². The van der Waals surface area contributed by atoms with Crippen molar-refractivity contribution in [2.45, 2.75) is 26.3 Å². The number of carbonyl (C=O) groups is 2. The summed E-state index contributed by atoms with van der Waals surface area (Å²) in [5, 5.41) is 11.1. The van der Waals surface area contributed by atoms with E-state index in [-0.39, 0.29) is 6.42 Å². The number of carboxylic acids is 1. The molecule has 6 nitrogen and oxygen atoms in total. The van der Waals surface area contributed by atoms with Crippen LogP contribution in [0, 0.1) is 0 Å². The molecule has 0 bridgehead atoms. The number of carboxylic acid groups (broad SMARTS) is 1. The molecule has 1 amide bonds. The number of hydrogen-bond donors (Lipinski definition) is 3. The maximum absolute atomic E-state index is 11.3. The van der Waals surface area contributed by atoms with Crippen LogP contribution < -0.4 is 11.1 Å². The van der Waals surface area contributed by atoms with E-state index in [2.05, 4.69) is 10.2 Å². The Morgan fingerprint density at radius 2 is 1.94 bits per heavy atom. The summed E-state index contributed by atoms with van der Waals surface area (Å²) in [7, 11) is 0. The van der Waals surface area contributed by atoms with E-state index < -0.39 is 17.9 Å². The van der Waals surface area contributed by atoms with E-state index in [1.54, 1.807) is 0 Å². The van der Waals surface area contributed by atoms with E-state index in [0.717, 1.165) is 19.6 Å². The lowest BCUT2D eigenvalue weighted by Gasteiger charge is -2.18. The fraction of sp³-hybridized carbons (Fsp3) is 0.800. The zero-order valence-electron chi connectivity index (χ0n) is 9.90. The summed E-state index contributed by atoms with van der Waals surface area (Å²) in [6, 6.07) is -0.964. The van der Waals surface area contributed by atoms with Gasteiger partial charge in [-0.2, -0.15) is 0 Å². The highest BCUT2D eigenvalue weighted by Crippen LogP contribution is 1.89. The number of amides is 1. The van der Waals surface area contributed by atoms with Crippen molar-refractivity contribution in [3.05, 3.63) is 0 Å². The monoisotopic (exact) mass is 231 g/mol. The molecule has 0 saturated heterocycles. The Bertz CT molecular complexity index is 229. The molecule has 0 aliphatic heterocycles. The summed E-state index contributed by atoms with van der Waals surface area (Å²) in [6.07, 6.45) is -0.336. The van der Waals surface area contributed by atoms with Gasteiger partial charge in [0, 0.05) is 13.1 Å². The molecule has 0 aliphatic carbocycles. The first-order valence-corrected chi connectivity index (χ1v) is 5.48. The smallest absolute Gasteiger partial charge is 0.305 e. The number of hydrogen-bond acceptors (Lipinski definition) is 4. The lowest BCUT2D eigenvalue weighted by molar-refractivity contribution is -0.139. The van der Waals surface area contributed by atoms with Crippen LogP contribution in [0.4, 0.5) is 0 Å². The summed E-state index contributed by atoms with van der Waals surface area (Å²) >= 11 is 0. The molecule has 0 aromatic heterocycles. The van der Waals surface area contributed by atoms with Gasteiger partial charge in [0.05, 0.1) is 12.5 Å². The molecule has 94 valence electrons. The minimum absolute atomic E-state index is 0.336. The maximum Gasteiger partial charge on any atom is 0.305 e. The average molecular weight is 231 g/mol.